The van der Waals surface area contributed by atoms with Crippen molar-refractivity contribution in [2.75, 3.05) is 11.9 Å². The fraction of sp³-hybridized carbons (Fsp3) is 0.118. The van der Waals surface area contributed by atoms with Crippen LogP contribution in [0.25, 0.3) is 11.0 Å². The average molecular weight is 342 g/mol. The van der Waals surface area contributed by atoms with Gasteiger partial charge in [-0.3, -0.25) is 10.7 Å². The number of amides is 1. The number of carbonyl (C=O) groups is 1. The Balaban J connectivity index is 1.96. The molecule has 8 heteroatoms. The number of rotatable bonds is 3. The number of nitrogens with one attached hydrogen (secondary N) is 2. The number of fused-ring (bicyclic) bond motifs is 1. The van der Waals surface area contributed by atoms with Gasteiger partial charge in [-0.05, 0) is 43.3 Å². The summed E-state index contributed by atoms with van der Waals surface area (Å²) in [7, 11) is 0. The summed E-state index contributed by atoms with van der Waals surface area (Å²) in [5, 5.41) is 10.7. The van der Waals surface area contributed by atoms with Crippen LogP contribution >= 0.6 is 0 Å². The van der Waals surface area contributed by atoms with Crippen molar-refractivity contribution in [1.29, 1.82) is 5.41 Å². The van der Waals surface area contributed by atoms with Gasteiger partial charge < -0.3 is 9.47 Å². The van der Waals surface area contributed by atoms with E-state index in [9.17, 15) is 9.18 Å². The number of hydrogen-bond donors (Lipinski definition) is 2. The number of anilines is 1. The largest absolute Gasteiger partial charge is 0.450 e. The van der Waals surface area contributed by atoms with Crippen molar-refractivity contribution in [3.8, 4) is 5.75 Å². The lowest BCUT2D eigenvalue weighted by Crippen LogP contribution is -2.23. The minimum atomic E-state index is -0.686. The van der Waals surface area contributed by atoms with Crippen molar-refractivity contribution in [2.24, 2.45) is 0 Å². The fourth-order valence-corrected chi connectivity index (χ4v) is 2.23. The molecule has 0 radical (unpaired) electrons. The van der Waals surface area contributed by atoms with Gasteiger partial charge in [-0.2, -0.15) is 0 Å². The maximum absolute atomic E-state index is 13.0. The Labute approximate surface area is 142 Å². The van der Waals surface area contributed by atoms with Crippen LogP contribution in [0.2, 0.25) is 0 Å². The van der Waals surface area contributed by atoms with Gasteiger partial charge in [-0.15, -0.1) is 0 Å². The van der Waals surface area contributed by atoms with E-state index >= 15 is 0 Å². The van der Waals surface area contributed by atoms with E-state index in [-0.39, 0.29) is 24.3 Å². The van der Waals surface area contributed by atoms with E-state index < -0.39 is 11.9 Å². The van der Waals surface area contributed by atoms with Crippen LogP contribution in [-0.4, -0.2) is 28.3 Å². The third-order valence-corrected chi connectivity index (χ3v) is 3.28. The van der Waals surface area contributed by atoms with Crippen LogP contribution in [0, 0.1) is 11.2 Å². The van der Waals surface area contributed by atoms with E-state index in [4.69, 9.17) is 14.9 Å². The van der Waals surface area contributed by atoms with Gasteiger partial charge in [0.15, 0.2) is 0 Å². The second-order valence-electron chi connectivity index (χ2n) is 4.97. The Morgan fingerprint density at radius 1 is 1.24 bits per heavy atom. The Hall–Kier alpha value is -3.42. The quantitative estimate of drug-likeness (QED) is 0.562. The Morgan fingerprint density at radius 2 is 1.96 bits per heavy atom. The van der Waals surface area contributed by atoms with Crippen molar-refractivity contribution in [1.82, 2.24) is 9.55 Å². The second-order valence-corrected chi connectivity index (χ2v) is 4.97. The van der Waals surface area contributed by atoms with E-state index in [2.05, 4.69) is 10.3 Å². The van der Waals surface area contributed by atoms with E-state index in [0.717, 1.165) is 0 Å². The maximum Gasteiger partial charge on any atom is 0.413 e. The first kappa shape index (κ1) is 16.4. The van der Waals surface area contributed by atoms with Gasteiger partial charge in [0, 0.05) is 0 Å². The molecule has 2 N–H and O–H groups in total. The van der Waals surface area contributed by atoms with Gasteiger partial charge in [0.25, 0.3) is 0 Å². The van der Waals surface area contributed by atoms with Gasteiger partial charge >= 0.3 is 12.1 Å². The van der Waals surface area contributed by atoms with Crippen LogP contribution in [0.1, 0.15) is 6.92 Å². The zero-order chi connectivity index (χ0) is 17.8. The summed E-state index contributed by atoms with van der Waals surface area (Å²) in [6.45, 7) is 1.89. The standard InChI is InChI=1S/C17H15FN4O3/c1-2-24-17(23)21-16-20-13-5-3-4-6-14(13)22(16)15(19)25-12-9-7-11(18)8-10-12/h3-10,19H,2H2,1H3,(H,20,21,23). The van der Waals surface area contributed by atoms with Crippen LogP contribution in [0.5, 0.6) is 5.75 Å². The summed E-state index contributed by atoms with van der Waals surface area (Å²) >= 11 is 0. The van der Waals surface area contributed by atoms with Crippen molar-refractivity contribution < 1.29 is 18.7 Å². The zero-order valence-electron chi connectivity index (χ0n) is 13.3. The highest BCUT2D eigenvalue weighted by Crippen LogP contribution is 2.21. The van der Waals surface area contributed by atoms with Crippen LogP contribution in [0.3, 0.4) is 0 Å². The monoisotopic (exact) mass is 342 g/mol. The maximum atomic E-state index is 13.0. The Kier molecular flexibility index (Phi) is 4.60. The SMILES string of the molecule is CCOC(=O)Nc1nc2ccccc2n1C(=N)Oc1ccc(F)cc1. The predicted molar refractivity (Wildman–Crippen MR) is 90.5 cm³/mol. The topological polar surface area (TPSA) is 89.2 Å². The van der Waals surface area contributed by atoms with Gasteiger partial charge in [-0.25, -0.2) is 18.7 Å². The van der Waals surface area contributed by atoms with Crippen molar-refractivity contribution >= 4 is 29.1 Å². The molecule has 3 aromatic rings. The zero-order valence-corrected chi connectivity index (χ0v) is 13.3. The third kappa shape index (κ3) is 3.57. The molecule has 0 atom stereocenters. The van der Waals surface area contributed by atoms with E-state index in [0.29, 0.717) is 11.0 Å². The highest BCUT2D eigenvalue weighted by Gasteiger charge is 2.18. The molecular weight excluding hydrogens is 327 g/mol. The van der Waals surface area contributed by atoms with E-state index in [1.807, 2.05) is 0 Å². The molecule has 7 nitrogen and oxygen atoms in total. The summed E-state index contributed by atoms with van der Waals surface area (Å²) in [5.41, 5.74) is 1.14. The molecule has 0 saturated heterocycles. The minimum absolute atomic E-state index is 0.0896. The lowest BCUT2D eigenvalue weighted by Gasteiger charge is -2.11. The normalized spacial score (nSPS) is 10.5. The van der Waals surface area contributed by atoms with Crippen LogP contribution in [-0.2, 0) is 4.74 Å². The van der Waals surface area contributed by atoms with Crippen molar-refractivity contribution in [3.05, 3.63) is 54.3 Å². The summed E-state index contributed by atoms with van der Waals surface area (Å²) in [4.78, 5) is 16.0. The smallest absolute Gasteiger partial charge is 0.413 e. The number of carbonyl (C=O) groups excluding carboxylic acids is 1. The lowest BCUT2D eigenvalue weighted by atomic mass is 10.3. The van der Waals surface area contributed by atoms with E-state index in [1.165, 1.54) is 28.8 Å². The Morgan fingerprint density at radius 3 is 2.68 bits per heavy atom. The highest BCUT2D eigenvalue weighted by molar-refractivity contribution is 5.95. The number of nitrogens with zero attached hydrogens (tertiary/aromatic N) is 2. The summed E-state index contributed by atoms with van der Waals surface area (Å²) < 4.78 is 24.6. The Bertz CT molecular complexity index is 921. The minimum Gasteiger partial charge on any atom is -0.450 e. The molecule has 1 amide bonds. The number of aromatic nitrogens is 2. The van der Waals surface area contributed by atoms with Gasteiger partial charge in [0.2, 0.25) is 5.95 Å². The molecule has 0 saturated carbocycles. The summed E-state index contributed by atoms with van der Waals surface area (Å²) in [6.07, 6.45) is -0.686. The average Bonchev–Trinajstić information content (AvgIpc) is 2.95. The number of hydrogen-bond acceptors (Lipinski definition) is 5. The lowest BCUT2D eigenvalue weighted by molar-refractivity contribution is 0.167. The number of benzene rings is 2. The molecule has 3 rings (SSSR count). The molecule has 0 aliphatic rings. The predicted octanol–water partition coefficient (Wildman–Crippen LogP) is 3.61. The molecular formula is C17H15FN4O3. The molecule has 2 aromatic carbocycles. The summed E-state index contributed by atoms with van der Waals surface area (Å²) in [6, 6.07) is 12.0. The van der Waals surface area contributed by atoms with E-state index in [1.54, 1.807) is 31.2 Å². The van der Waals surface area contributed by atoms with Crippen molar-refractivity contribution in [3.63, 3.8) is 0 Å². The molecule has 0 unspecified atom stereocenters. The molecule has 0 spiro atoms. The van der Waals surface area contributed by atoms with Gasteiger partial charge in [0.05, 0.1) is 17.6 Å². The second kappa shape index (κ2) is 7.00. The molecule has 0 aliphatic heterocycles. The molecule has 128 valence electrons. The first-order valence-corrected chi connectivity index (χ1v) is 7.52. The molecule has 25 heavy (non-hydrogen) atoms. The molecule has 1 aromatic heterocycles. The number of imidazole rings is 1. The molecule has 0 fully saturated rings. The molecule has 0 aliphatic carbocycles. The molecule has 0 bridgehead atoms. The number of halogens is 1. The fourth-order valence-electron chi connectivity index (χ4n) is 2.23. The molecule has 1 heterocycles. The van der Waals surface area contributed by atoms with Crippen molar-refractivity contribution in [2.45, 2.75) is 6.92 Å². The third-order valence-electron chi connectivity index (χ3n) is 3.28. The summed E-state index contributed by atoms with van der Waals surface area (Å²) in [5.74, 6) is -0.0327. The van der Waals surface area contributed by atoms with Crippen LogP contribution in [0.15, 0.2) is 48.5 Å². The van der Waals surface area contributed by atoms with Crippen LogP contribution in [0.4, 0.5) is 15.1 Å². The number of para-hydroxylation sites is 2. The first-order chi connectivity index (χ1) is 12.1. The van der Waals surface area contributed by atoms with Crippen LogP contribution < -0.4 is 10.1 Å². The first-order valence-electron chi connectivity index (χ1n) is 7.52. The highest BCUT2D eigenvalue weighted by atomic mass is 19.1. The van der Waals surface area contributed by atoms with Gasteiger partial charge in [-0.1, -0.05) is 12.1 Å². The van der Waals surface area contributed by atoms with Gasteiger partial charge in [0.1, 0.15) is 11.6 Å². The number of ether oxygens (including phenoxy) is 2.